The van der Waals surface area contributed by atoms with Crippen LogP contribution < -0.4 is 10.4 Å². The van der Waals surface area contributed by atoms with Crippen molar-refractivity contribution in [1.82, 2.24) is 0 Å². The molecule has 0 fully saturated rings. The molecule has 0 spiro atoms. The van der Waals surface area contributed by atoms with E-state index in [1.165, 1.54) is 10.4 Å². The van der Waals surface area contributed by atoms with Crippen molar-refractivity contribution >= 4 is 41.3 Å². The van der Waals surface area contributed by atoms with Gasteiger partial charge in [-0.05, 0) is 15.4 Å². The third-order valence-corrected chi connectivity index (χ3v) is 12.6. The predicted octanol–water partition coefficient (Wildman–Crippen LogP) is 4.15. The van der Waals surface area contributed by atoms with Gasteiger partial charge >= 0.3 is 0 Å². The maximum atomic E-state index is 6.84. The lowest BCUT2D eigenvalue weighted by atomic mass is 10.2. The number of hydrogen-bond acceptors (Lipinski definition) is 10. The highest BCUT2D eigenvalue weighted by Gasteiger charge is 2.50. The fourth-order valence-corrected chi connectivity index (χ4v) is 9.79. The summed E-state index contributed by atoms with van der Waals surface area (Å²) in [6.45, 7) is 17.2. The largest absolute Gasteiger partial charge is 0.405 e. The Morgan fingerprint density at radius 3 is 0.896 bits per heavy atom. The average molecular weight is 807 g/mol. The minimum Gasteiger partial charge on any atom is -0.405 e. The normalized spacial score (nSPS) is 12.2. The highest BCUT2D eigenvalue weighted by Crippen LogP contribution is 2.36. The fourth-order valence-electron chi connectivity index (χ4n) is 4.93. The molecule has 0 aromatic heterocycles. The van der Waals surface area contributed by atoms with Crippen LogP contribution in [-0.4, -0.2) is 138 Å². The fraction of sp³-hybridized carbons (Fsp3) is 0.667. The van der Waals surface area contributed by atoms with Crippen molar-refractivity contribution in [3.63, 3.8) is 0 Å². The van der Waals surface area contributed by atoms with Crippen LogP contribution in [0.25, 0.3) is 0 Å². The Balaban J connectivity index is 1.37. The van der Waals surface area contributed by atoms with Gasteiger partial charge in [-0.25, -0.2) is 0 Å². The Kier molecular flexibility index (Phi) is 25.8. The number of ether oxygens (including phenoxy) is 9. The van der Waals surface area contributed by atoms with E-state index < -0.39 is 8.32 Å². The maximum absolute atomic E-state index is 6.84. The molecule has 0 atom stereocenters. The van der Waals surface area contributed by atoms with Crippen LogP contribution in [0.2, 0.25) is 5.04 Å². The first-order valence-corrected chi connectivity index (χ1v) is 20.5. The summed E-state index contributed by atoms with van der Waals surface area (Å²) in [7, 11) is -2.53. The predicted molar refractivity (Wildman–Crippen MR) is 200 cm³/mol. The lowest BCUT2D eigenvalue weighted by Gasteiger charge is -2.43. The van der Waals surface area contributed by atoms with Gasteiger partial charge in [0.25, 0.3) is 8.32 Å². The Morgan fingerprint density at radius 2 is 0.646 bits per heavy atom. The zero-order valence-corrected chi connectivity index (χ0v) is 32.5. The van der Waals surface area contributed by atoms with Crippen molar-refractivity contribution in [3.05, 3.63) is 60.7 Å². The van der Waals surface area contributed by atoms with Crippen LogP contribution in [0.5, 0.6) is 0 Å². The van der Waals surface area contributed by atoms with Crippen molar-refractivity contribution in [2.24, 2.45) is 0 Å². The summed E-state index contributed by atoms with van der Waals surface area (Å²) in [4.78, 5) is 0. The minimum absolute atomic E-state index is 0.0516. The number of alkyl halides is 1. The molecule has 0 radical (unpaired) electrons. The van der Waals surface area contributed by atoms with E-state index in [4.69, 9.17) is 47.1 Å². The molecule has 0 aliphatic heterocycles. The lowest BCUT2D eigenvalue weighted by Crippen LogP contribution is -2.66. The van der Waals surface area contributed by atoms with E-state index in [1.54, 1.807) is 0 Å². The van der Waals surface area contributed by atoms with Crippen LogP contribution in [0.4, 0.5) is 0 Å². The molecule has 12 heteroatoms. The molecule has 0 aliphatic rings. The molecule has 2 aromatic rings. The van der Waals surface area contributed by atoms with Crippen LogP contribution in [0, 0.1) is 0 Å². The molecule has 0 N–H and O–H groups in total. The summed E-state index contributed by atoms with van der Waals surface area (Å²) in [5.41, 5.74) is 0. The van der Waals surface area contributed by atoms with Gasteiger partial charge in [0.2, 0.25) is 0 Å². The van der Waals surface area contributed by atoms with Gasteiger partial charge in [-0.3, -0.25) is 0 Å². The number of halogens is 1. The second kappa shape index (κ2) is 28.7. The van der Waals surface area contributed by atoms with E-state index in [0.717, 1.165) is 11.0 Å². The lowest BCUT2D eigenvalue weighted by molar-refractivity contribution is -0.0252. The van der Waals surface area contributed by atoms with Crippen molar-refractivity contribution < 1.29 is 47.1 Å². The first-order chi connectivity index (χ1) is 23.5. The standard InChI is InChI=1S/C36H59IO10Si/c1-36(2,3)48(34-10-6-4-7-11-34,35-12-8-5-9-13-35)47-33-32-46-31-30-45-29-28-44-27-26-43-25-24-42-23-22-41-21-20-40-19-18-39-17-16-38-15-14-37/h4-13H,14-33H2,1-3H3. The molecule has 0 saturated heterocycles. The molecule has 0 heterocycles. The van der Waals surface area contributed by atoms with Crippen LogP contribution in [0.15, 0.2) is 60.7 Å². The smallest absolute Gasteiger partial charge is 0.261 e. The summed E-state index contributed by atoms with van der Waals surface area (Å²) in [5.74, 6) is 0. The highest BCUT2D eigenvalue weighted by atomic mass is 127. The van der Waals surface area contributed by atoms with Crippen molar-refractivity contribution in [1.29, 1.82) is 0 Å². The highest BCUT2D eigenvalue weighted by molar-refractivity contribution is 14.1. The molecule has 10 nitrogen and oxygen atoms in total. The SMILES string of the molecule is CC(C)(C)[Si](OCCOCCOCCOCCOCCOCCOCCOCCOCCOCCI)(c1ccccc1)c1ccccc1. The second-order valence-corrected chi connectivity index (χ2v) is 17.1. The van der Waals surface area contributed by atoms with Gasteiger partial charge in [0.05, 0.1) is 126 Å². The van der Waals surface area contributed by atoms with Gasteiger partial charge in [-0.2, -0.15) is 0 Å². The van der Waals surface area contributed by atoms with E-state index in [0.29, 0.717) is 119 Å². The van der Waals surface area contributed by atoms with Crippen LogP contribution in [0.1, 0.15) is 20.8 Å². The molecule has 0 saturated carbocycles. The number of benzene rings is 2. The van der Waals surface area contributed by atoms with Crippen LogP contribution >= 0.6 is 22.6 Å². The Morgan fingerprint density at radius 1 is 0.396 bits per heavy atom. The maximum Gasteiger partial charge on any atom is 0.261 e. The van der Waals surface area contributed by atoms with E-state index in [1.807, 2.05) is 0 Å². The summed E-state index contributed by atoms with van der Waals surface area (Å²) in [5, 5.41) is 2.49. The molecular formula is C36H59IO10Si. The third-order valence-electron chi connectivity index (χ3n) is 7.16. The van der Waals surface area contributed by atoms with Gasteiger partial charge in [0.15, 0.2) is 0 Å². The Bertz CT molecular complexity index is 944. The number of hydrogen-bond donors (Lipinski definition) is 0. The van der Waals surface area contributed by atoms with Crippen LogP contribution in [0.3, 0.4) is 0 Å². The van der Waals surface area contributed by atoms with E-state index in [-0.39, 0.29) is 5.04 Å². The van der Waals surface area contributed by atoms with Gasteiger partial charge in [-0.15, -0.1) is 0 Å². The molecule has 274 valence electrons. The molecule has 0 bridgehead atoms. The topological polar surface area (TPSA) is 92.3 Å². The zero-order chi connectivity index (χ0) is 34.4. The van der Waals surface area contributed by atoms with Gasteiger partial charge in [0, 0.05) is 4.43 Å². The quantitative estimate of drug-likeness (QED) is 0.0466. The van der Waals surface area contributed by atoms with E-state index >= 15 is 0 Å². The first-order valence-electron chi connectivity index (χ1n) is 17.0. The summed E-state index contributed by atoms with van der Waals surface area (Å²) in [6, 6.07) is 21.3. The summed E-state index contributed by atoms with van der Waals surface area (Å²) >= 11 is 2.28. The molecular weight excluding hydrogens is 747 g/mol. The molecule has 2 rings (SSSR count). The molecule has 0 aliphatic carbocycles. The monoisotopic (exact) mass is 806 g/mol. The van der Waals surface area contributed by atoms with E-state index in [2.05, 4.69) is 104 Å². The van der Waals surface area contributed by atoms with Gasteiger partial charge in [-0.1, -0.05) is 104 Å². The molecule has 0 unspecified atom stereocenters. The van der Waals surface area contributed by atoms with Crippen LogP contribution in [-0.2, 0) is 47.1 Å². The second-order valence-electron chi connectivity index (χ2n) is 11.7. The molecule has 0 amide bonds. The van der Waals surface area contributed by atoms with Gasteiger partial charge < -0.3 is 47.1 Å². The summed E-state index contributed by atoms with van der Waals surface area (Å²) < 4.78 is 57.6. The molecule has 48 heavy (non-hydrogen) atoms. The number of rotatable bonds is 32. The average Bonchev–Trinajstić information content (AvgIpc) is 3.09. The zero-order valence-electron chi connectivity index (χ0n) is 29.4. The van der Waals surface area contributed by atoms with E-state index in [9.17, 15) is 0 Å². The van der Waals surface area contributed by atoms with Crippen molar-refractivity contribution in [3.8, 4) is 0 Å². The Hall–Kier alpha value is -1.01. The Labute approximate surface area is 303 Å². The third kappa shape index (κ3) is 18.8. The molecule has 2 aromatic carbocycles. The van der Waals surface area contributed by atoms with Crippen molar-refractivity contribution in [2.75, 3.05) is 130 Å². The van der Waals surface area contributed by atoms with Gasteiger partial charge in [0.1, 0.15) is 0 Å². The minimum atomic E-state index is -2.53. The summed E-state index contributed by atoms with van der Waals surface area (Å²) in [6.07, 6.45) is 0. The first kappa shape index (κ1) is 43.2. The van der Waals surface area contributed by atoms with Crippen molar-refractivity contribution in [2.45, 2.75) is 25.8 Å².